The van der Waals surface area contributed by atoms with Gasteiger partial charge in [-0.15, -0.1) is 0 Å². The maximum absolute atomic E-state index is 12.6. The van der Waals surface area contributed by atoms with Crippen molar-refractivity contribution >= 4 is 27.9 Å². The number of benzene rings is 1. The lowest BCUT2D eigenvalue weighted by molar-refractivity contribution is -0.142. The molecule has 1 heterocycles. The van der Waals surface area contributed by atoms with Gasteiger partial charge in [0.2, 0.25) is 5.91 Å². The molecule has 2 aromatic rings. The first-order valence-electron chi connectivity index (χ1n) is 8.86. The largest absolute Gasteiger partial charge is 0.481 e. The van der Waals surface area contributed by atoms with E-state index >= 15 is 0 Å². The Balaban J connectivity index is 2.11. The SMILES string of the molecule is Cc1ccc(S(=O)(=O)n2cnc(C[C@H](NC(=O)[C@@H](N)CCC(=O)O)C(=O)O)c2)cc1. The summed E-state index contributed by atoms with van der Waals surface area (Å²) in [5, 5.41) is 20.2. The van der Waals surface area contributed by atoms with Crippen molar-refractivity contribution in [1.29, 1.82) is 0 Å². The monoisotopic (exact) mass is 438 g/mol. The Bertz CT molecular complexity index is 1030. The predicted octanol–water partition coefficient (Wildman–Crippen LogP) is -0.267. The van der Waals surface area contributed by atoms with Crippen LogP contribution in [0.5, 0.6) is 0 Å². The van der Waals surface area contributed by atoms with Gasteiger partial charge in [-0.25, -0.2) is 22.2 Å². The number of aliphatic carboxylic acids is 2. The molecule has 2 rings (SSSR count). The first-order valence-corrected chi connectivity index (χ1v) is 10.3. The van der Waals surface area contributed by atoms with Gasteiger partial charge in [0.15, 0.2) is 0 Å². The van der Waals surface area contributed by atoms with E-state index in [-0.39, 0.29) is 29.9 Å². The van der Waals surface area contributed by atoms with Crippen molar-refractivity contribution in [1.82, 2.24) is 14.3 Å². The highest BCUT2D eigenvalue weighted by Crippen LogP contribution is 2.15. The van der Waals surface area contributed by atoms with Gasteiger partial charge in [-0.05, 0) is 25.5 Å². The van der Waals surface area contributed by atoms with Crippen LogP contribution in [0.1, 0.15) is 24.1 Å². The third-order valence-electron chi connectivity index (χ3n) is 4.24. The normalized spacial score (nSPS) is 13.4. The summed E-state index contributed by atoms with van der Waals surface area (Å²) in [7, 11) is -3.90. The van der Waals surface area contributed by atoms with E-state index < -0.39 is 40.0 Å². The molecule has 12 heteroatoms. The summed E-state index contributed by atoms with van der Waals surface area (Å²) < 4.78 is 26.2. The number of aryl methyl sites for hydroxylation is 1. The van der Waals surface area contributed by atoms with E-state index in [1.165, 1.54) is 18.3 Å². The molecule has 0 unspecified atom stereocenters. The van der Waals surface area contributed by atoms with Gasteiger partial charge in [0.1, 0.15) is 12.4 Å². The fraction of sp³-hybridized carbons (Fsp3) is 0.333. The number of imidazole rings is 1. The van der Waals surface area contributed by atoms with Gasteiger partial charge in [-0.3, -0.25) is 9.59 Å². The molecule has 0 aliphatic rings. The molecule has 162 valence electrons. The molecule has 30 heavy (non-hydrogen) atoms. The van der Waals surface area contributed by atoms with Crippen LogP contribution >= 0.6 is 0 Å². The minimum atomic E-state index is -3.90. The number of carboxylic acids is 2. The average molecular weight is 438 g/mol. The van der Waals surface area contributed by atoms with E-state index in [0.29, 0.717) is 0 Å². The molecule has 0 fully saturated rings. The van der Waals surface area contributed by atoms with E-state index in [1.54, 1.807) is 12.1 Å². The van der Waals surface area contributed by atoms with Gasteiger partial charge in [0, 0.05) is 19.0 Å². The van der Waals surface area contributed by atoms with Crippen LogP contribution in [0.25, 0.3) is 0 Å². The van der Waals surface area contributed by atoms with E-state index in [1.807, 2.05) is 6.92 Å². The van der Waals surface area contributed by atoms with Crippen LogP contribution in [-0.2, 0) is 30.8 Å². The smallest absolute Gasteiger partial charge is 0.326 e. The summed E-state index contributed by atoms with van der Waals surface area (Å²) in [4.78, 5) is 38.0. The number of carboxylic acid groups (broad SMARTS) is 2. The van der Waals surface area contributed by atoms with Crippen molar-refractivity contribution in [3.05, 3.63) is 48.0 Å². The van der Waals surface area contributed by atoms with Gasteiger partial charge in [-0.1, -0.05) is 17.7 Å². The number of amides is 1. The van der Waals surface area contributed by atoms with Crippen LogP contribution in [-0.4, -0.2) is 57.5 Å². The minimum Gasteiger partial charge on any atom is -0.481 e. The van der Waals surface area contributed by atoms with Crippen molar-refractivity contribution in [3.63, 3.8) is 0 Å². The highest BCUT2D eigenvalue weighted by Gasteiger charge is 2.26. The Morgan fingerprint density at radius 2 is 1.83 bits per heavy atom. The number of aromatic nitrogens is 2. The summed E-state index contributed by atoms with van der Waals surface area (Å²) in [6.45, 7) is 1.82. The zero-order valence-electron chi connectivity index (χ0n) is 16.1. The van der Waals surface area contributed by atoms with Crippen molar-refractivity contribution in [2.75, 3.05) is 0 Å². The van der Waals surface area contributed by atoms with Gasteiger partial charge in [-0.2, -0.15) is 0 Å². The molecule has 0 spiro atoms. The van der Waals surface area contributed by atoms with Crippen molar-refractivity contribution in [3.8, 4) is 0 Å². The van der Waals surface area contributed by atoms with Crippen LogP contribution in [0.15, 0.2) is 41.7 Å². The lowest BCUT2D eigenvalue weighted by atomic mass is 10.1. The van der Waals surface area contributed by atoms with Crippen LogP contribution in [0.4, 0.5) is 0 Å². The molecule has 0 bridgehead atoms. The topological polar surface area (TPSA) is 182 Å². The molecule has 0 radical (unpaired) electrons. The van der Waals surface area contributed by atoms with Crippen LogP contribution in [0.2, 0.25) is 0 Å². The molecule has 0 saturated carbocycles. The average Bonchev–Trinajstić information content (AvgIpc) is 3.15. The van der Waals surface area contributed by atoms with Crippen molar-refractivity contribution in [2.45, 2.75) is 43.2 Å². The molecule has 11 nitrogen and oxygen atoms in total. The van der Waals surface area contributed by atoms with Gasteiger partial charge in [0.25, 0.3) is 10.0 Å². The van der Waals surface area contributed by atoms with E-state index in [4.69, 9.17) is 10.8 Å². The first-order chi connectivity index (χ1) is 14.0. The molecule has 1 aromatic heterocycles. The number of nitrogens with zero attached hydrogens (tertiary/aromatic N) is 2. The standard InChI is InChI=1S/C18H22N4O7S/c1-11-2-4-13(5-3-11)30(28,29)22-9-12(20-10-22)8-15(18(26)27)21-17(25)14(19)6-7-16(23)24/h2-5,9-10,14-15H,6-8,19H2,1H3,(H,21,25)(H,23,24)(H,26,27)/t14-,15-/m0/s1. The summed E-state index contributed by atoms with van der Waals surface area (Å²) >= 11 is 0. The molecule has 2 atom stereocenters. The number of nitrogens with one attached hydrogen (secondary N) is 1. The molecule has 1 aromatic carbocycles. The Hall–Kier alpha value is -3.25. The number of hydrogen-bond donors (Lipinski definition) is 4. The number of hydrogen-bond acceptors (Lipinski definition) is 7. The van der Waals surface area contributed by atoms with E-state index in [0.717, 1.165) is 15.9 Å². The highest BCUT2D eigenvalue weighted by molar-refractivity contribution is 7.90. The van der Waals surface area contributed by atoms with Crippen molar-refractivity contribution in [2.24, 2.45) is 5.73 Å². The predicted molar refractivity (Wildman–Crippen MR) is 104 cm³/mol. The molecule has 0 aliphatic carbocycles. The van der Waals surface area contributed by atoms with Gasteiger partial charge >= 0.3 is 11.9 Å². The summed E-state index contributed by atoms with van der Waals surface area (Å²) in [5.74, 6) is -3.33. The summed E-state index contributed by atoms with van der Waals surface area (Å²) in [5.41, 5.74) is 6.59. The Morgan fingerprint density at radius 1 is 1.20 bits per heavy atom. The second-order valence-electron chi connectivity index (χ2n) is 6.66. The van der Waals surface area contributed by atoms with E-state index in [9.17, 15) is 27.9 Å². The second-order valence-corrected chi connectivity index (χ2v) is 8.50. The summed E-state index contributed by atoms with van der Waals surface area (Å²) in [6.07, 6.45) is 1.43. The first kappa shape index (κ1) is 23.0. The molecule has 0 saturated heterocycles. The zero-order chi connectivity index (χ0) is 22.5. The quantitative estimate of drug-likeness (QED) is 0.388. The fourth-order valence-electron chi connectivity index (χ4n) is 2.51. The lowest BCUT2D eigenvalue weighted by Crippen LogP contribution is -2.49. The lowest BCUT2D eigenvalue weighted by Gasteiger charge is -2.16. The number of carbonyl (C=O) groups excluding carboxylic acids is 1. The third-order valence-corrected chi connectivity index (χ3v) is 5.87. The van der Waals surface area contributed by atoms with Crippen LogP contribution < -0.4 is 11.1 Å². The van der Waals surface area contributed by atoms with Gasteiger partial charge in [0.05, 0.1) is 16.6 Å². The Morgan fingerprint density at radius 3 is 2.40 bits per heavy atom. The highest BCUT2D eigenvalue weighted by atomic mass is 32.2. The molecule has 5 N–H and O–H groups in total. The maximum Gasteiger partial charge on any atom is 0.326 e. The number of rotatable bonds is 10. The van der Waals surface area contributed by atoms with Gasteiger partial charge < -0.3 is 21.3 Å². The molecule has 0 aliphatic heterocycles. The van der Waals surface area contributed by atoms with E-state index in [2.05, 4.69) is 10.3 Å². The van der Waals surface area contributed by atoms with Crippen LogP contribution in [0, 0.1) is 6.92 Å². The van der Waals surface area contributed by atoms with Crippen molar-refractivity contribution < 1.29 is 33.0 Å². The minimum absolute atomic E-state index is 0.0459. The second kappa shape index (κ2) is 9.50. The Labute approximate surface area is 172 Å². The fourth-order valence-corrected chi connectivity index (χ4v) is 3.67. The number of nitrogens with two attached hydrogens (primary N) is 1. The maximum atomic E-state index is 12.6. The third kappa shape index (κ3) is 5.87. The molecular weight excluding hydrogens is 416 g/mol. The number of carbonyl (C=O) groups is 3. The summed E-state index contributed by atoms with van der Waals surface area (Å²) in [6, 6.07) is 3.58. The molecule has 1 amide bonds. The Kier molecular flexibility index (Phi) is 7.29. The zero-order valence-corrected chi connectivity index (χ0v) is 16.9. The van der Waals surface area contributed by atoms with Crippen LogP contribution in [0.3, 0.4) is 0 Å². The molecular formula is C18H22N4O7S.